The van der Waals surface area contributed by atoms with Crippen LogP contribution >= 0.6 is 11.3 Å². The zero-order chi connectivity index (χ0) is 22.1. The van der Waals surface area contributed by atoms with Gasteiger partial charge in [0.15, 0.2) is 0 Å². The van der Waals surface area contributed by atoms with E-state index in [1.807, 2.05) is 38.3 Å². The van der Waals surface area contributed by atoms with E-state index in [9.17, 15) is 14.0 Å². The highest BCUT2D eigenvalue weighted by Crippen LogP contribution is 2.20. The van der Waals surface area contributed by atoms with Crippen molar-refractivity contribution in [2.75, 3.05) is 26.8 Å². The Labute approximate surface area is 182 Å². The monoisotopic (exact) mass is 434 g/mol. The van der Waals surface area contributed by atoms with Crippen molar-refractivity contribution in [3.05, 3.63) is 58.0 Å². The molecule has 0 spiro atoms. The van der Waals surface area contributed by atoms with Crippen LogP contribution in [0.4, 0.5) is 4.39 Å². The van der Waals surface area contributed by atoms with Crippen LogP contribution in [0.3, 0.4) is 0 Å². The van der Waals surface area contributed by atoms with Crippen molar-refractivity contribution in [2.45, 2.75) is 40.3 Å². The summed E-state index contributed by atoms with van der Waals surface area (Å²) in [5, 5.41) is 1.97. The van der Waals surface area contributed by atoms with Crippen molar-refractivity contribution < 1.29 is 18.7 Å². The molecule has 0 N–H and O–H groups in total. The van der Waals surface area contributed by atoms with Crippen LogP contribution < -0.4 is 0 Å². The maximum absolute atomic E-state index is 13.3. The molecule has 0 radical (unpaired) electrons. The van der Waals surface area contributed by atoms with Gasteiger partial charge in [0.25, 0.3) is 0 Å². The van der Waals surface area contributed by atoms with Crippen LogP contribution in [0.2, 0.25) is 0 Å². The third-order valence-electron chi connectivity index (χ3n) is 4.49. The molecule has 2 aromatic rings. The molecule has 1 aromatic heterocycles. The first kappa shape index (κ1) is 24.0. The summed E-state index contributed by atoms with van der Waals surface area (Å²) in [6.07, 6.45) is 0.354. The number of hydrogen-bond donors (Lipinski definition) is 0. The van der Waals surface area contributed by atoms with E-state index in [0.717, 1.165) is 10.4 Å². The summed E-state index contributed by atoms with van der Waals surface area (Å²) in [6, 6.07) is 10.1. The molecule has 30 heavy (non-hydrogen) atoms. The van der Waals surface area contributed by atoms with Gasteiger partial charge in [-0.15, -0.1) is 11.3 Å². The Hall–Kier alpha value is -2.25. The SMILES string of the molecule is COCCN(CC(=O)N(Cc1ccc(F)cc1)Cc1cccs1)C(=O)CC(C)(C)C. The van der Waals surface area contributed by atoms with Gasteiger partial charge in [-0.3, -0.25) is 9.59 Å². The molecule has 0 aliphatic rings. The number of nitrogens with zero attached hydrogens (tertiary/aromatic N) is 2. The molecule has 1 heterocycles. The number of halogens is 1. The molecule has 0 atom stereocenters. The van der Waals surface area contributed by atoms with E-state index in [2.05, 4.69) is 0 Å². The highest BCUT2D eigenvalue weighted by molar-refractivity contribution is 7.09. The number of thiophene rings is 1. The van der Waals surface area contributed by atoms with Crippen LogP contribution in [0.1, 0.15) is 37.6 Å². The van der Waals surface area contributed by atoms with Crippen molar-refractivity contribution in [3.8, 4) is 0 Å². The van der Waals surface area contributed by atoms with Gasteiger partial charge in [0.05, 0.1) is 19.7 Å². The smallest absolute Gasteiger partial charge is 0.242 e. The van der Waals surface area contributed by atoms with Gasteiger partial charge in [-0.05, 0) is 34.6 Å². The zero-order valence-corrected chi connectivity index (χ0v) is 19.0. The number of benzene rings is 1. The van der Waals surface area contributed by atoms with Crippen LogP contribution in [0, 0.1) is 11.2 Å². The molecule has 0 saturated heterocycles. The summed E-state index contributed by atoms with van der Waals surface area (Å²) in [5.74, 6) is -0.523. The Balaban J connectivity index is 2.16. The van der Waals surface area contributed by atoms with E-state index in [-0.39, 0.29) is 29.6 Å². The van der Waals surface area contributed by atoms with Gasteiger partial charge in [-0.25, -0.2) is 4.39 Å². The summed E-state index contributed by atoms with van der Waals surface area (Å²) >= 11 is 1.57. The molecule has 0 bridgehead atoms. The van der Waals surface area contributed by atoms with Crippen molar-refractivity contribution in [3.63, 3.8) is 0 Å². The maximum atomic E-state index is 13.3. The summed E-state index contributed by atoms with van der Waals surface area (Å²) in [5.41, 5.74) is 0.668. The maximum Gasteiger partial charge on any atom is 0.242 e. The average Bonchev–Trinajstić information content (AvgIpc) is 3.17. The third kappa shape index (κ3) is 8.24. The Kier molecular flexibility index (Phi) is 8.99. The topological polar surface area (TPSA) is 49.9 Å². The molecular formula is C23H31FN2O3S. The van der Waals surface area contributed by atoms with E-state index in [1.54, 1.807) is 40.4 Å². The molecule has 7 heteroatoms. The number of rotatable bonds is 10. The molecule has 2 rings (SSSR count). The second kappa shape index (κ2) is 11.2. The van der Waals surface area contributed by atoms with Gasteiger partial charge in [0, 0.05) is 31.5 Å². The number of methoxy groups -OCH3 is 1. The molecule has 0 saturated carbocycles. The van der Waals surface area contributed by atoms with Crippen LogP contribution in [-0.4, -0.2) is 48.4 Å². The van der Waals surface area contributed by atoms with Gasteiger partial charge >= 0.3 is 0 Å². The van der Waals surface area contributed by atoms with E-state index in [1.165, 1.54) is 12.1 Å². The van der Waals surface area contributed by atoms with Gasteiger partial charge < -0.3 is 14.5 Å². The lowest BCUT2D eigenvalue weighted by molar-refractivity contribution is -0.142. The minimum atomic E-state index is -0.312. The number of carbonyl (C=O) groups excluding carboxylic acids is 2. The number of ether oxygens (including phenoxy) is 1. The quantitative estimate of drug-likeness (QED) is 0.559. The predicted molar refractivity (Wildman–Crippen MR) is 118 cm³/mol. The lowest BCUT2D eigenvalue weighted by atomic mass is 9.91. The van der Waals surface area contributed by atoms with Crippen molar-refractivity contribution >= 4 is 23.2 Å². The van der Waals surface area contributed by atoms with E-state index in [4.69, 9.17) is 4.74 Å². The fourth-order valence-corrected chi connectivity index (χ4v) is 3.67. The van der Waals surface area contributed by atoms with Gasteiger partial charge in [0.1, 0.15) is 5.82 Å². The molecule has 1 aromatic carbocycles. The molecule has 0 aliphatic heterocycles. The summed E-state index contributed by atoms with van der Waals surface area (Å²) < 4.78 is 18.4. The Bertz CT molecular complexity index is 801. The van der Waals surface area contributed by atoms with Crippen LogP contribution in [0.5, 0.6) is 0 Å². The average molecular weight is 435 g/mol. The first-order valence-electron chi connectivity index (χ1n) is 9.99. The predicted octanol–water partition coefficient (Wildman–Crippen LogP) is 4.33. The molecular weight excluding hydrogens is 403 g/mol. The minimum absolute atomic E-state index is 0.00908. The summed E-state index contributed by atoms with van der Waals surface area (Å²) in [4.78, 5) is 30.3. The van der Waals surface area contributed by atoms with E-state index < -0.39 is 0 Å². The van der Waals surface area contributed by atoms with Crippen molar-refractivity contribution in [2.24, 2.45) is 5.41 Å². The van der Waals surface area contributed by atoms with Crippen LogP contribution in [0.15, 0.2) is 41.8 Å². The molecule has 0 fully saturated rings. The summed E-state index contributed by atoms with van der Waals surface area (Å²) in [6.45, 7) is 7.51. The van der Waals surface area contributed by atoms with Gasteiger partial charge in [-0.1, -0.05) is 39.0 Å². The molecule has 0 unspecified atom stereocenters. The second-order valence-electron chi connectivity index (χ2n) is 8.50. The normalized spacial score (nSPS) is 11.4. The van der Waals surface area contributed by atoms with E-state index >= 15 is 0 Å². The largest absolute Gasteiger partial charge is 0.383 e. The Morgan fingerprint density at radius 1 is 1.03 bits per heavy atom. The fourth-order valence-electron chi connectivity index (χ4n) is 2.96. The summed E-state index contributed by atoms with van der Waals surface area (Å²) in [7, 11) is 1.58. The highest BCUT2D eigenvalue weighted by atomic mass is 32.1. The highest BCUT2D eigenvalue weighted by Gasteiger charge is 2.25. The number of amides is 2. The number of carbonyl (C=O) groups is 2. The van der Waals surface area contributed by atoms with E-state index in [0.29, 0.717) is 32.7 Å². The zero-order valence-electron chi connectivity index (χ0n) is 18.2. The first-order valence-corrected chi connectivity index (χ1v) is 10.9. The second-order valence-corrected chi connectivity index (χ2v) is 9.53. The standard InChI is InChI=1S/C23H31FN2O3S/c1-23(2,3)14-21(27)25(11-12-29-4)17-22(28)26(16-20-6-5-13-30-20)15-18-7-9-19(24)10-8-18/h5-10,13H,11-12,14-17H2,1-4H3. The Morgan fingerprint density at radius 2 is 1.73 bits per heavy atom. The van der Waals surface area contributed by atoms with Gasteiger partial charge in [-0.2, -0.15) is 0 Å². The molecule has 164 valence electrons. The lowest BCUT2D eigenvalue weighted by Gasteiger charge is -2.29. The third-order valence-corrected chi connectivity index (χ3v) is 5.35. The van der Waals surface area contributed by atoms with Crippen molar-refractivity contribution in [1.29, 1.82) is 0 Å². The lowest BCUT2D eigenvalue weighted by Crippen LogP contribution is -2.44. The fraction of sp³-hybridized carbons (Fsp3) is 0.478. The van der Waals surface area contributed by atoms with Gasteiger partial charge in [0.2, 0.25) is 11.8 Å². The Morgan fingerprint density at radius 3 is 2.30 bits per heavy atom. The van der Waals surface area contributed by atoms with Crippen LogP contribution in [0.25, 0.3) is 0 Å². The molecule has 5 nitrogen and oxygen atoms in total. The minimum Gasteiger partial charge on any atom is -0.383 e. The van der Waals surface area contributed by atoms with Crippen molar-refractivity contribution in [1.82, 2.24) is 9.80 Å². The van der Waals surface area contributed by atoms with Crippen LogP contribution in [-0.2, 0) is 27.4 Å². The number of hydrogen-bond acceptors (Lipinski definition) is 4. The molecule has 0 aliphatic carbocycles. The first-order chi connectivity index (χ1) is 14.2. The molecule has 2 amide bonds.